The lowest BCUT2D eigenvalue weighted by Gasteiger charge is -2.16. The normalized spacial score (nSPS) is 12.0. The number of carbonyl (C=O) groups excluding carboxylic acids is 3. The standard InChI is InChI=1S/C29H28N2O8S/c1-19-12-14-22(15-13-19)40(35,36)31-17-21(26-23(27(32)37-2)10-7-11-25(26)31)16-24(28(33)38-3)30-29(34)39-18-20-8-5-4-6-9-20/h4-15,17,24H,16,18H2,1-3H3,(H,30,34)/t24-/m0/s1. The highest BCUT2D eigenvalue weighted by atomic mass is 32.2. The Morgan fingerprint density at radius 2 is 1.60 bits per heavy atom. The number of carbonyl (C=O) groups is 3. The average molecular weight is 565 g/mol. The Hall–Kier alpha value is -4.64. The van der Waals surface area contributed by atoms with Gasteiger partial charge in [0, 0.05) is 18.0 Å². The van der Waals surface area contributed by atoms with Gasteiger partial charge in [0.2, 0.25) is 0 Å². The van der Waals surface area contributed by atoms with Crippen LogP contribution in [0.1, 0.15) is 27.0 Å². The first-order chi connectivity index (χ1) is 19.1. The van der Waals surface area contributed by atoms with E-state index in [0.717, 1.165) is 22.2 Å². The molecule has 0 bridgehead atoms. The number of ether oxygens (including phenoxy) is 3. The summed E-state index contributed by atoms with van der Waals surface area (Å²) in [4.78, 5) is 38.0. The smallest absolute Gasteiger partial charge is 0.408 e. The molecule has 4 aromatic rings. The van der Waals surface area contributed by atoms with Gasteiger partial charge in [0.05, 0.1) is 30.2 Å². The van der Waals surface area contributed by atoms with Crippen LogP contribution in [0.15, 0.2) is 83.9 Å². The van der Waals surface area contributed by atoms with Crippen molar-refractivity contribution >= 4 is 39.0 Å². The Labute approximate surface area is 231 Å². The van der Waals surface area contributed by atoms with E-state index < -0.39 is 34.1 Å². The van der Waals surface area contributed by atoms with E-state index in [4.69, 9.17) is 14.2 Å². The van der Waals surface area contributed by atoms with Crippen molar-refractivity contribution in [3.63, 3.8) is 0 Å². The Bertz CT molecular complexity index is 1640. The molecule has 40 heavy (non-hydrogen) atoms. The summed E-state index contributed by atoms with van der Waals surface area (Å²) in [5, 5.41) is 2.75. The van der Waals surface area contributed by atoms with Gasteiger partial charge in [-0.05, 0) is 42.3 Å². The number of alkyl carbamates (subject to hydrolysis) is 1. The van der Waals surface area contributed by atoms with Crippen LogP contribution in [-0.2, 0) is 42.1 Å². The first kappa shape index (κ1) is 28.4. The molecule has 0 unspecified atom stereocenters. The second kappa shape index (κ2) is 12.0. The first-order valence-corrected chi connectivity index (χ1v) is 13.7. The van der Waals surface area contributed by atoms with Gasteiger partial charge in [-0.3, -0.25) is 0 Å². The largest absolute Gasteiger partial charge is 0.467 e. The van der Waals surface area contributed by atoms with Gasteiger partial charge in [-0.15, -0.1) is 0 Å². The Kier molecular flexibility index (Phi) is 8.54. The first-order valence-electron chi connectivity index (χ1n) is 12.2. The fourth-order valence-electron chi connectivity index (χ4n) is 4.26. The van der Waals surface area contributed by atoms with Crippen LogP contribution in [0.2, 0.25) is 0 Å². The maximum absolute atomic E-state index is 13.7. The van der Waals surface area contributed by atoms with Gasteiger partial charge in [0.25, 0.3) is 10.0 Å². The number of hydrogen-bond acceptors (Lipinski definition) is 8. The number of aryl methyl sites for hydroxylation is 1. The molecule has 0 fully saturated rings. The van der Waals surface area contributed by atoms with Crippen LogP contribution in [0.5, 0.6) is 0 Å². The zero-order chi connectivity index (χ0) is 28.9. The van der Waals surface area contributed by atoms with E-state index in [1.807, 2.05) is 13.0 Å². The molecule has 1 atom stereocenters. The number of methoxy groups -OCH3 is 2. The molecule has 3 aromatic carbocycles. The summed E-state index contributed by atoms with van der Waals surface area (Å²) < 4.78 is 43.4. The highest BCUT2D eigenvalue weighted by Gasteiger charge is 2.29. The molecule has 0 radical (unpaired) electrons. The molecule has 0 aliphatic carbocycles. The SMILES string of the molecule is COC(=O)c1cccc2c1c(C[C@H](NC(=O)OCc1ccccc1)C(=O)OC)cn2S(=O)(=O)c1ccc(C)cc1. The number of benzene rings is 3. The summed E-state index contributed by atoms with van der Waals surface area (Å²) in [7, 11) is -1.72. The van der Waals surface area contributed by atoms with Crippen molar-refractivity contribution in [2.24, 2.45) is 0 Å². The number of esters is 2. The molecule has 11 heteroatoms. The third-order valence-electron chi connectivity index (χ3n) is 6.27. The monoisotopic (exact) mass is 564 g/mol. The third kappa shape index (κ3) is 5.99. The lowest BCUT2D eigenvalue weighted by atomic mass is 10.0. The topological polar surface area (TPSA) is 130 Å². The second-order valence-electron chi connectivity index (χ2n) is 8.95. The summed E-state index contributed by atoms with van der Waals surface area (Å²) in [6.07, 6.45) is 0.260. The highest BCUT2D eigenvalue weighted by Crippen LogP contribution is 2.30. The van der Waals surface area contributed by atoms with Crippen molar-refractivity contribution in [1.29, 1.82) is 0 Å². The van der Waals surface area contributed by atoms with Crippen LogP contribution in [0, 0.1) is 6.92 Å². The number of fused-ring (bicyclic) bond motifs is 1. The van der Waals surface area contributed by atoms with Gasteiger partial charge in [-0.2, -0.15) is 0 Å². The summed E-state index contributed by atoms with van der Waals surface area (Å²) >= 11 is 0. The molecule has 1 N–H and O–H groups in total. The van der Waals surface area contributed by atoms with Gasteiger partial charge in [0.1, 0.15) is 12.6 Å². The number of amides is 1. The lowest BCUT2D eigenvalue weighted by molar-refractivity contribution is -0.143. The second-order valence-corrected chi connectivity index (χ2v) is 10.8. The van der Waals surface area contributed by atoms with E-state index in [2.05, 4.69) is 5.32 Å². The van der Waals surface area contributed by atoms with Crippen LogP contribution in [0.3, 0.4) is 0 Å². The average Bonchev–Trinajstić information content (AvgIpc) is 3.35. The Morgan fingerprint density at radius 3 is 2.25 bits per heavy atom. The molecule has 0 aliphatic heterocycles. The van der Waals surface area contributed by atoms with Crippen molar-refractivity contribution in [1.82, 2.24) is 9.29 Å². The number of hydrogen-bond donors (Lipinski definition) is 1. The van der Waals surface area contributed by atoms with E-state index in [1.165, 1.54) is 37.6 Å². The van der Waals surface area contributed by atoms with Gasteiger partial charge in [-0.25, -0.2) is 26.8 Å². The van der Waals surface area contributed by atoms with Gasteiger partial charge in [0.15, 0.2) is 0 Å². The summed E-state index contributed by atoms with van der Waals surface area (Å²) in [5.74, 6) is -1.48. The van der Waals surface area contributed by atoms with Crippen LogP contribution < -0.4 is 5.32 Å². The quantitative estimate of drug-likeness (QED) is 0.239. The zero-order valence-electron chi connectivity index (χ0n) is 22.1. The van der Waals surface area contributed by atoms with Crippen molar-refractivity contribution < 1.29 is 37.0 Å². The van der Waals surface area contributed by atoms with Gasteiger partial charge in [-0.1, -0.05) is 54.1 Å². The number of nitrogens with zero attached hydrogens (tertiary/aromatic N) is 1. The summed E-state index contributed by atoms with van der Waals surface area (Å²) in [5.41, 5.74) is 2.23. The molecule has 208 valence electrons. The fourth-order valence-corrected chi connectivity index (χ4v) is 5.64. The van der Waals surface area contributed by atoms with Crippen molar-refractivity contribution in [3.8, 4) is 0 Å². The molecule has 10 nitrogen and oxygen atoms in total. The fraction of sp³-hybridized carbons (Fsp3) is 0.207. The predicted octanol–water partition coefficient (Wildman–Crippen LogP) is 3.98. The molecule has 4 rings (SSSR count). The summed E-state index contributed by atoms with van der Waals surface area (Å²) in [6, 6.07) is 18.7. The maximum Gasteiger partial charge on any atom is 0.408 e. The van der Waals surface area contributed by atoms with E-state index >= 15 is 0 Å². The van der Waals surface area contributed by atoms with Crippen LogP contribution in [0.25, 0.3) is 10.9 Å². The maximum atomic E-state index is 13.7. The number of aromatic nitrogens is 1. The minimum absolute atomic E-state index is 0.0266. The van der Waals surface area contributed by atoms with E-state index in [1.54, 1.807) is 42.5 Å². The van der Waals surface area contributed by atoms with E-state index in [0.29, 0.717) is 5.56 Å². The number of rotatable bonds is 9. The number of nitrogens with one attached hydrogen (secondary N) is 1. The predicted molar refractivity (Wildman–Crippen MR) is 146 cm³/mol. The highest BCUT2D eigenvalue weighted by molar-refractivity contribution is 7.90. The van der Waals surface area contributed by atoms with Crippen LogP contribution in [-0.4, -0.2) is 50.7 Å². The lowest BCUT2D eigenvalue weighted by Crippen LogP contribution is -2.43. The third-order valence-corrected chi connectivity index (χ3v) is 7.96. The molecule has 0 spiro atoms. The van der Waals surface area contributed by atoms with Gasteiger partial charge >= 0.3 is 18.0 Å². The minimum atomic E-state index is -4.10. The van der Waals surface area contributed by atoms with Crippen LogP contribution in [0.4, 0.5) is 4.79 Å². The molecule has 0 saturated carbocycles. The molecule has 1 heterocycles. The molecule has 0 aliphatic rings. The zero-order valence-corrected chi connectivity index (χ0v) is 22.9. The summed E-state index contributed by atoms with van der Waals surface area (Å²) in [6.45, 7) is 1.81. The molecule has 0 saturated heterocycles. The van der Waals surface area contributed by atoms with Gasteiger partial charge < -0.3 is 19.5 Å². The molecular formula is C29H28N2O8S. The van der Waals surface area contributed by atoms with E-state index in [-0.39, 0.29) is 34.4 Å². The Balaban J connectivity index is 1.74. The van der Waals surface area contributed by atoms with Crippen molar-refractivity contribution in [2.45, 2.75) is 30.9 Å². The van der Waals surface area contributed by atoms with E-state index in [9.17, 15) is 22.8 Å². The van der Waals surface area contributed by atoms with Crippen LogP contribution >= 0.6 is 0 Å². The van der Waals surface area contributed by atoms with Crippen molar-refractivity contribution in [3.05, 3.63) is 101 Å². The Morgan fingerprint density at radius 1 is 0.900 bits per heavy atom. The van der Waals surface area contributed by atoms with Crippen molar-refractivity contribution in [2.75, 3.05) is 14.2 Å². The minimum Gasteiger partial charge on any atom is -0.467 e. The molecule has 1 aromatic heterocycles. The molecule has 1 amide bonds. The molecular weight excluding hydrogens is 536 g/mol.